The molecule has 2 nitrogen and oxygen atoms in total. The number of likely N-dealkylation sites (N-methyl/N-ethyl adjacent to an activating group) is 1. The summed E-state index contributed by atoms with van der Waals surface area (Å²) >= 11 is 1.87. The maximum atomic E-state index is 6.20. The Kier molecular flexibility index (Phi) is 5.65. The quantitative estimate of drug-likeness (QED) is 0.862. The van der Waals surface area contributed by atoms with E-state index < -0.39 is 0 Å². The van der Waals surface area contributed by atoms with E-state index in [4.69, 9.17) is 5.73 Å². The van der Waals surface area contributed by atoms with E-state index in [2.05, 4.69) is 43.3 Å². The molecule has 0 aromatic carbocycles. The van der Waals surface area contributed by atoms with Gasteiger partial charge in [-0.3, -0.25) is 4.90 Å². The van der Waals surface area contributed by atoms with Gasteiger partial charge in [-0.05, 0) is 63.4 Å². The van der Waals surface area contributed by atoms with Gasteiger partial charge < -0.3 is 5.73 Å². The molecule has 114 valence electrons. The van der Waals surface area contributed by atoms with Crippen LogP contribution in [0.1, 0.15) is 50.8 Å². The molecule has 3 heteroatoms. The zero-order valence-corrected chi connectivity index (χ0v) is 14.1. The number of nitrogens with zero attached hydrogens (tertiary/aromatic N) is 1. The Balaban J connectivity index is 1.99. The van der Waals surface area contributed by atoms with Gasteiger partial charge in [0.2, 0.25) is 0 Å². The lowest BCUT2D eigenvalue weighted by molar-refractivity contribution is 0.0354. The van der Waals surface area contributed by atoms with Crippen LogP contribution >= 0.6 is 11.3 Å². The van der Waals surface area contributed by atoms with Crippen molar-refractivity contribution < 1.29 is 0 Å². The van der Waals surface area contributed by atoms with Crippen molar-refractivity contribution in [1.82, 2.24) is 4.90 Å². The van der Waals surface area contributed by atoms with E-state index in [0.29, 0.717) is 6.04 Å². The monoisotopic (exact) mass is 294 g/mol. The maximum Gasteiger partial charge on any atom is 0.0331 e. The van der Waals surface area contributed by atoms with Gasteiger partial charge in [-0.1, -0.05) is 19.4 Å². The third-order valence-corrected chi connectivity index (χ3v) is 6.38. The lowest BCUT2D eigenvalue weighted by atomic mass is 9.74. The molecule has 1 saturated carbocycles. The fourth-order valence-electron chi connectivity index (χ4n) is 3.65. The van der Waals surface area contributed by atoms with E-state index in [0.717, 1.165) is 18.9 Å². The molecule has 0 bridgehead atoms. The molecule has 1 fully saturated rings. The van der Waals surface area contributed by atoms with Gasteiger partial charge in [0.15, 0.2) is 0 Å². The van der Waals surface area contributed by atoms with Crippen molar-refractivity contribution in [2.75, 3.05) is 13.6 Å². The lowest BCUT2D eigenvalue weighted by Crippen LogP contribution is -2.57. The van der Waals surface area contributed by atoms with Crippen molar-refractivity contribution in [3.05, 3.63) is 22.4 Å². The summed E-state index contributed by atoms with van der Waals surface area (Å²) in [6.45, 7) is 5.47. The fraction of sp³-hybridized carbons (Fsp3) is 0.765. The van der Waals surface area contributed by atoms with Crippen LogP contribution in [0.2, 0.25) is 0 Å². The van der Waals surface area contributed by atoms with Crippen LogP contribution in [0.15, 0.2) is 17.5 Å². The second-order valence-electron chi connectivity index (χ2n) is 6.52. The SMILES string of the molecule is CCC1CCC(CN)(N(C)C(C)Cc2cccs2)CC1. The minimum Gasteiger partial charge on any atom is -0.329 e. The summed E-state index contributed by atoms with van der Waals surface area (Å²) in [6.07, 6.45) is 7.72. The first kappa shape index (κ1) is 16.0. The Labute approximate surface area is 128 Å². The Morgan fingerprint density at radius 3 is 2.65 bits per heavy atom. The van der Waals surface area contributed by atoms with E-state index in [-0.39, 0.29) is 5.54 Å². The minimum absolute atomic E-state index is 0.238. The highest BCUT2D eigenvalue weighted by molar-refractivity contribution is 7.09. The molecule has 0 spiro atoms. The summed E-state index contributed by atoms with van der Waals surface area (Å²) in [7, 11) is 2.29. The zero-order chi connectivity index (χ0) is 14.6. The van der Waals surface area contributed by atoms with Crippen molar-refractivity contribution >= 4 is 11.3 Å². The predicted octanol–water partition coefficient (Wildman–Crippen LogP) is 3.91. The number of hydrogen-bond donors (Lipinski definition) is 1. The molecule has 1 aliphatic carbocycles. The Bertz CT molecular complexity index is 380. The van der Waals surface area contributed by atoms with E-state index in [1.807, 2.05) is 11.3 Å². The van der Waals surface area contributed by atoms with Gasteiger partial charge in [0, 0.05) is 23.0 Å². The fourth-order valence-corrected chi connectivity index (χ4v) is 4.47. The topological polar surface area (TPSA) is 29.3 Å². The summed E-state index contributed by atoms with van der Waals surface area (Å²) in [6, 6.07) is 4.96. The molecule has 1 aliphatic rings. The number of thiophene rings is 1. The van der Waals surface area contributed by atoms with Crippen LogP contribution in [0, 0.1) is 5.92 Å². The van der Waals surface area contributed by atoms with Crippen LogP contribution in [0.25, 0.3) is 0 Å². The Hall–Kier alpha value is -0.380. The zero-order valence-electron chi connectivity index (χ0n) is 13.3. The van der Waals surface area contributed by atoms with Gasteiger partial charge >= 0.3 is 0 Å². The van der Waals surface area contributed by atoms with Gasteiger partial charge in [0.25, 0.3) is 0 Å². The van der Waals surface area contributed by atoms with Crippen LogP contribution < -0.4 is 5.73 Å². The van der Waals surface area contributed by atoms with E-state index in [1.165, 1.54) is 37.0 Å². The number of nitrogens with two attached hydrogens (primary N) is 1. The normalized spacial score (nSPS) is 28.8. The molecule has 0 radical (unpaired) electrons. The molecular weight excluding hydrogens is 264 g/mol. The first-order chi connectivity index (χ1) is 9.61. The Morgan fingerprint density at radius 2 is 2.15 bits per heavy atom. The molecular formula is C17H30N2S. The average Bonchev–Trinajstić information content (AvgIpc) is 2.99. The van der Waals surface area contributed by atoms with Crippen LogP contribution in [0.3, 0.4) is 0 Å². The van der Waals surface area contributed by atoms with Crippen LogP contribution in [0.5, 0.6) is 0 Å². The molecule has 0 amide bonds. The predicted molar refractivity (Wildman–Crippen MR) is 89.3 cm³/mol. The standard InChI is InChI=1S/C17H30N2S/c1-4-15-7-9-17(13-18,10-8-15)19(3)14(2)12-16-6-5-11-20-16/h5-6,11,14-15H,4,7-10,12-13,18H2,1-3H3. The largest absolute Gasteiger partial charge is 0.329 e. The molecule has 0 saturated heterocycles. The molecule has 1 heterocycles. The molecule has 2 N–H and O–H groups in total. The highest BCUT2D eigenvalue weighted by atomic mass is 32.1. The highest BCUT2D eigenvalue weighted by Crippen LogP contribution is 2.37. The van der Waals surface area contributed by atoms with Crippen molar-refractivity contribution in [3.8, 4) is 0 Å². The molecule has 2 rings (SSSR count). The smallest absolute Gasteiger partial charge is 0.0331 e. The van der Waals surface area contributed by atoms with E-state index in [9.17, 15) is 0 Å². The van der Waals surface area contributed by atoms with Crippen molar-refractivity contribution in [1.29, 1.82) is 0 Å². The summed E-state index contributed by atoms with van der Waals surface area (Å²) in [5.41, 5.74) is 6.44. The lowest BCUT2D eigenvalue weighted by Gasteiger charge is -2.48. The summed E-state index contributed by atoms with van der Waals surface area (Å²) in [5.74, 6) is 0.927. The number of hydrogen-bond acceptors (Lipinski definition) is 3. The third-order valence-electron chi connectivity index (χ3n) is 5.48. The van der Waals surface area contributed by atoms with Gasteiger partial charge in [0.05, 0.1) is 0 Å². The second kappa shape index (κ2) is 7.06. The highest BCUT2D eigenvalue weighted by Gasteiger charge is 2.38. The first-order valence-electron chi connectivity index (χ1n) is 8.06. The van der Waals surface area contributed by atoms with Crippen LogP contribution in [-0.2, 0) is 6.42 Å². The summed E-state index contributed by atoms with van der Waals surface area (Å²) in [4.78, 5) is 4.07. The first-order valence-corrected chi connectivity index (χ1v) is 8.94. The van der Waals surface area contributed by atoms with Crippen LogP contribution in [0.4, 0.5) is 0 Å². The molecule has 0 aliphatic heterocycles. The minimum atomic E-state index is 0.238. The Morgan fingerprint density at radius 1 is 1.45 bits per heavy atom. The van der Waals surface area contributed by atoms with Crippen molar-refractivity contribution in [2.45, 2.75) is 64.0 Å². The van der Waals surface area contributed by atoms with Crippen LogP contribution in [-0.4, -0.2) is 30.1 Å². The van der Waals surface area contributed by atoms with Crippen molar-refractivity contribution in [3.63, 3.8) is 0 Å². The molecule has 1 aromatic heterocycles. The third kappa shape index (κ3) is 3.44. The average molecular weight is 295 g/mol. The molecule has 20 heavy (non-hydrogen) atoms. The van der Waals surface area contributed by atoms with E-state index in [1.54, 1.807) is 0 Å². The van der Waals surface area contributed by atoms with Gasteiger partial charge in [-0.15, -0.1) is 11.3 Å². The molecule has 1 unspecified atom stereocenters. The number of rotatable bonds is 6. The summed E-state index contributed by atoms with van der Waals surface area (Å²) < 4.78 is 0. The van der Waals surface area contributed by atoms with Gasteiger partial charge in [-0.25, -0.2) is 0 Å². The van der Waals surface area contributed by atoms with Gasteiger partial charge in [-0.2, -0.15) is 0 Å². The molecule has 1 atom stereocenters. The molecule has 1 aromatic rings. The second-order valence-corrected chi connectivity index (χ2v) is 7.56. The van der Waals surface area contributed by atoms with Gasteiger partial charge in [0.1, 0.15) is 0 Å². The van der Waals surface area contributed by atoms with E-state index >= 15 is 0 Å². The van der Waals surface area contributed by atoms with Crippen molar-refractivity contribution in [2.24, 2.45) is 11.7 Å². The summed E-state index contributed by atoms with van der Waals surface area (Å²) in [5, 5.41) is 2.17. The maximum absolute atomic E-state index is 6.20.